The van der Waals surface area contributed by atoms with Gasteiger partial charge in [0.05, 0.1) is 4.08 Å². The van der Waals surface area contributed by atoms with Crippen LogP contribution in [0.25, 0.3) is 0 Å². The molecule has 0 saturated carbocycles. The van der Waals surface area contributed by atoms with Crippen LogP contribution in [0.1, 0.15) is 6.42 Å². The number of nitrogens with one attached hydrogen (secondary N) is 1. The highest BCUT2D eigenvalue weighted by Crippen LogP contribution is 2.58. The summed E-state index contributed by atoms with van der Waals surface area (Å²) in [6, 6.07) is 7.88. The second kappa shape index (κ2) is 3.68. The third-order valence-electron chi connectivity index (χ3n) is 2.87. The molecule has 0 aromatic heterocycles. The minimum absolute atomic E-state index is 0.00720. The van der Waals surface area contributed by atoms with E-state index < -0.39 is 12.0 Å². The smallest absolute Gasteiger partial charge is 0.320 e. The number of carboxylic acids is 1. The average Bonchev–Trinajstić information content (AvgIpc) is 2.82. The van der Waals surface area contributed by atoms with E-state index in [9.17, 15) is 4.79 Å². The fourth-order valence-corrected chi connectivity index (χ4v) is 5.30. The van der Waals surface area contributed by atoms with E-state index in [1.165, 1.54) is 9.79 Å². The van der Waals surface area contributed by atoms with Crippen LogP contribution in [0.4, 0.5) is 0 Å². The zero-order chi connectivity index (χ0) is 11.2. The van der Waals surface area contributed by atoms with Gasteiger partial charge in [-0.1, -0.05) is 12.1 Å². The molecule has 3 nitrogen and oxygen atoms in total. The predicted octanol–water partition coefficient (Wildman–Crippen LogP) is 2.03. The van der Waals surface area contributed by atoms with Gasteiger partial charge in [-0.2, -0.15) is 0 Å². The molecule has 3 rings (SSSR count). The molecule has 2 heterocycles. The Balaban J connectivity index is 1.83. The highest BCUT2D eigenvalue weighted by molar-refractivity contribution is 8.20. The van der Waals surface area contributed by atoms with Gasteiger partial charge in [0.2, 0.25) is 0 Å². The van der Waals surface area contributed by atoms with Crippen LogP contribution in [-0.4, -0.2) is 27.7 Å². The lowest BCUT2D eigenvalue weighted by Gasteiger charge is -2.18. The number of rotatable bonds is 1. The van der Waals surface area contributed by atoms with Crippen LogP contribution >= 0.6 is 23.5 Å². The SMILES string of the molecule is O=C(O)C1CC2(CN1)Sc1ccccc1S2. The Kier molecular flexibility index (Phi) is 2.42. The summed E-state index contributed by atoms with van der Waals surface area (Å²) in [6.45, 7) is 0.758. The maximum Gasteiger partial charge on any atom is 0.320 e. The molecule has 1 fully saturated rings. The van der Waals surface area contributed by atoms with Crippen LogP contribution in [0.3, 0.4) is 0 Å². The lowest BCUT2D eigenvalue weighted by atomic mass is 10.2. The van der Waals surface area contributed by atoms with E-state index in [4.69, 9.17) is 5.11 Å². The van der Waals surface area contributed by atoms with Gasteiger partial charge < -0.3 is 10.4 Å². The summed E-state index contributed by atoms with van der Waals surface area (Å²) in [5.41, 5.74) is 0. The highest BCUT2D eigenvalue weighted by Gasteiger charge is 2.47. The predicted molar refractivity (Wildman–Crippen MR) is 64.9 cm³/mol. The molecule has 0 radical (unpaired) electrons. The van der Waals surface area contributed by atoms with Gasteiger partial charge in [-0.15, -0.1) is 23.5 Å². The van der Waals surface area contributed by atoms with E-state index in [0.29, 0.717) is 6.42 Å². The van der Waals surface area contributed by atoms with Gasteiger partial charge in [-0.05, 0) is 18.6 Å². The molecule has 2 aliphatic rings. The Morgan fingerprint density at radius 2 is 2.00 bits per heavy atom. The summed E-state index contributed by atoms with van der Waals surface area (Å²) in [4.78, 5) is 13.5. The quantitative estimate of drug-likeness (QED) is 0.802. The van der Waals surface area contributed by atoms with Gasteiger partial charge in [-0.3, -0.25) is 4.79 Å². The Hall–Kier alpha value is -0.650. The van der Waals surface area contributed by atoms with E-state index in [-0.39, 0.29) is 4.08 Å². The number of hydrogen-bond acceptors (Lipinski definition) is 4. The van der Waals surface area contributed by atoms with E-state index in [1.807, 2.05) is 12.1 Å². The maximum atomic E-state index is 10.9. The first-order valence-corrected chi connectivity index (χ1v) is 6.75. The third-order valence-corrected chi connectivity index (χ3v) is 6.02. The molecule has 5 heteroatoms. The van der Waals surface area contributed by atoms with Crippen molar-refractivity contribution in [3.05, 3.63) is 24.3 Å². The van der Waals surface area contributed by atoms with Crippen LogP contribution in [0.5, 0.6) is 0 Å². The first-order valence-electron chi connectivity index (χ1n) is 5.12. The molecule has 1 unspecified atom stereocenters. The molecule has 16 heavy (non-hydrogen) atoms. The molecule has 1 aromatic carbocycles. The summed E-state index contributed by atoms with van der Waals surface area (Å²) in [7, 11) is 0. The first-order chi connectivity index (χ1) is 7.69. The van der Waals surface area contributed by atoms with Crippen molar-refractivity contribution < 1.29 is 9.90 Å². The second-order valence-electron chi connectivity index (χ2n) is 4.04. The fourth-order valence-electron chi connectivity index (χ4n) is 2.10. The molecular weight excluding hydrogens is 242 g/mol. The number of benzene rings is 1. The Bertz CT molecular complexity index is 424. The lowest BCUT2D eigenvalue weighted by molar-refractivity contribution is -0.139. The molecule has 0 bridgehead atoms. The number of thioether (sulfide) groups is 2. The first kappa shape index (κ1) is 10.5. The molecule has 2 N–H and O–H groups in total. The molecular formula is C11H11NO2S2. The normalized spacial score (nSPS) is 25.9. The Morgan fingerprint density at radius 3 is 2.50 bits per heavy atom. The van der Waals surface area contributed by atoms with E-state index in [1.54, 1.807) is 23.5 Å². The number of fused-ring (bicyclic) bond motifs is 1. The number of hydrogen-bond donors (Lipinski definition) is 2. The van der Waals surface area contributed by atoms with Crippen LogP contribution in [0.15, 0.2) is 34.1 Å². The van der Waals surface area contributed by atoms with Crippen molar-refractivity contribution in [1.29, 1.82) is 0 Å². The van der Waals surface area contributed by atoms with Crippen molar-refractivity contribution in [2.45, 2.75) is 26.3 Å². The van der Waals surface area contributed by atoms with Crippen molar-refractivity contribution in [2.24, 2.45) is 0 Å². The van der Waals surface area contributed by atoms with Crippen molar-refractivity contribution in [3.8, 4) is 0 Å². The van der Waals surface area contributed by atoms with Crippen molar-refractivity contribution in [1.82, 2.24) is 5.32 Å². The van der Waals surface area contributed by atoms with Gasteiger partial charge in [0, 0.05) is 16.3 Å². The van der Waals surface area contributed by atoms with Crippen LogP contribution < -0.4 is 5.32 Å². The van der Waals surface area contributed by atoms with Gasteiger partial charge in [0.1, 0.15) is 6.04 Å². The minimum atomic E-state index is -0.742. The van der Waals surface area contributed by atoms with Crippen LogP contribution in [-0.2, 0) is 4.79 Å². The van der Waals surface area contributed by atoms with E-state index in [0.717, 1.165) is 6.54 Å². The van der Waals surface area contributed by atoms with Gasteiger partial charge in [0.25, 0.3) is 0 Å². The van der Waals surface area contributed by atoms with Crippen molar-refractivity contribution in [3.63, 3.8) is 0 Å². The van der Waals surface area contributed by atoms with E-state index in [2.05, 4.69) is 17.4 Å². The minimum Gasteiger partial charge on any atom is -0.480 e. The topological polar surface area (TPSA) is 49.3 Å². The van der Waals surface area contributed by atoms with Crippen molar-refractivity contribution >= 4 is 29.5 Å². The summed E-state index contributed by atoms with van der Waals surface area (Å²) in [6.07, 6.45) is 0.687. The summed E-state index contributed by atoms with van der Waals surface area (Å²) in [5, 5.41) is 12.1. The van der Waals surface area contributed by atoms with Crippen molar-refractivity contribution in [2.75, 3.05) is 6.54 Å². The second-order valence-corrected chi connectivity index (χ2v) is 7.15. The Morgan fingerprint density at radius 1 is 1.38 bits per heavy atom. The average molecular weight is 253 g/mol. The summed E-state index contributed by atoms with van der Waals surface area (Å²) < 4.78 is -0.00720. The number of aliphatic carboxylic acids is 1. The molecule has 1 spiro atoms. The summed E-state index contributed by atoms with van der Waals surface area (Å²) >= 11 is 3.61. The molecule has 1 saturated heterocycles. The number of carboxylic acid groups (broad SMARTS) is 1. The molecule has 2 aliphatic heterocycles. The Labute approximate surface area is 102 Å². The van der Waals surface area contributed by atoms with Gasteiger partial charge in [0.15, 0.2) is 0 Å². The molecule has 0 amide bonds. The highest BCUT2D eigenvalue weighted by atomic mass is 32.2. The molecule has 0 aliphatic carbocycles. The third kappa shape index (κ3) is 1.63. The zero-order valence-electron chi connectivity index (χ0n) is 8.47. The lowest BCUT2D eigenvalue weighted by Crippen LogP contribution is -2.30. The fraction of sp³-hybridized carbons (Fsp3) is 0.364. The van der Waals surface area contributed by atoms with Crippen LogP contribution in [0.2, 0.25) is 0 Å². The van der Waals surface area contributed by atoms with Gasteiger partial charge >= 0.3 is 5.97 Å². The molecule has 1 aromatic rings. The summed E-state index contributed by atoms with van der Waals surface area (Å²) in [5.74, 6) is -0.742. The largest absolute Gasteiger partial charge is 0.480 e. The standard InChI is InChI=1S/C11H11NO2S2/c13-10(14)7-5-11(6-12-7)15-8-3-1-2-4-9(8)16-11/h1-4,7,12H,5-6H2,(H,13,14). The van der Waals surface area contributed by atoms with E-state index >= 15 is 0 Å². The maximum absolute atomic E-state index is 10.9. The van der Waals surface area contributed by atoms with Crippen LogP contribution in [0, 0.1) is 0 Å². The molecule has 84 valence electrons. The monoisotopic (exact) mass is 253 g/mol. The van der Waals surface area contributed by atoms with Gasteiger partial charge in [-0.25, -0.2) is 0 Å². The molecule has 1 atom stereocenters. The number of carbonyl (C=O) groups is 1. The zero-order valence-corrected chi connectivity index (χ0v) is 10.1.